The maximum Gasteiger partial charge on any atom is 0.0836 e. The van der Waals surface area contributed by atoms with Crippen molar-refractivity contribution in [2.24, 2.45) is 0 Å². The van der Waals surface area contributed by atoms with Crippen molar-refractivity contribution in [1.29, 1.82) is 0 Å². The summed E-state index contributed by atoms with van der Waals surface area (Å²) in [6.07, 6.45) is 5.68. The Morgan fingerprint density at radius 1 is 1.43 bits per heavy atom. The van der Waals surface area contributed by atoms with Gasteiger partial charge in [-0.25, -0.2) is 0 Å². The van der Waals surface area contributed by atoms with Crippen LogP contribution < -0.4 is 0 Å². The molecule has 0 aliphatic rings. The predicted molar refractivity (Wildman–Crippen MR) is 30.3 cm³/mol. The second-order valence-electron chi connectivity index (χ2n) is 1.30. The van der Waals surface area contributed by atoms with Crippen LogP contribution in [0.1, 0.15) is 19.8 Å². The normalized spacial score (nSPS) is 10.6. The fourth-order valence-corrected chi connectivity index (χ4v) is 0.324. The summed E-state index contributed by atoms with van der Waals surface area (Å²) in [5.74, 6) is 0. The van der Waals surface area contributed by atoms with Crippen molar-refractivity contribution in [1.82, 2.24) is 0 Å². The smallest absolute Gasteiger partial charge is 0.0836 e. The van der Waals surface area contributed by atoms with E-state index in [1.807, 2.05) is 12.2 Å². The number of allylic oxidation sites excluding steroid dienone is 1. The molecule has 0 bridgehead atoms. The highest BCUT2D eigenvalue weighted by Crippen LogP contribution is 1.85. The highest BCUT2D eigenvalue weighted by molar-refractivity contribution is 4.81. The zero-order valence-electron chi connectivity index (χ0n) is 4.59. The van der Waals surface area contributed by atoms with Gasteiger partial charge in [-0.05, 0) is 12.8 Å². The van der Waals surface area contributed by atoms with E-state index in [0.717, 1.165) is 13.0 Å². The van der Waals surface area contributed by atoms with Crippen LogP contribution in [0.5, 0.6) is 0 Å². The lowest BCUT2D eigenvalue weighted by molar-refractivity contribution is 0.388. The molecule has 1 heteroatoms. The molecule has 1 N–H and O–H groups in total. The molecule has 0 aliphatic carbocycles. The number of aliphatic hydroxyl groups is 1. The lowest BCUT2D eigenvalue weighted by Gasteiger charge is -1.78. The lowest BCUT2D eigenvalue weighted by atomic mass is 10.3. The molecule has 0 aromatic heterocycles. The summed E-state index contributed by atoms with van der Waals surface area (Å²) in [7, 11) is 0. The standard InChI is InChI=1S/C6H11O/c1-2-3-4-5-6-7/h3-4,6-7H,2,5H2,1H3/b4-3+. The summed E-state index contributed by atoms with van der Waals surface area (Å²) in [5.41, 5.74) is 0. The van der Waals surface area contributed by atoms with E-state index in [2.05, 4.69) is 6.92 Å². The Labute approximate surface area is 44.7 Å². The Balaban J connectivity index is 2.78. The first-order valence-corrected chi connectivity index (χ1v) is 2.52. The number of aliphatic hydroxyl groups excluding tert-OH is 1. The molecule has 0 aliphatic heterocycles. The third-order valence-electron chi connectivity index (χ3n) is 0.644. The maximum atomic E-state index is 8.12. The zero-order chi connectivity index (χ0) is 5.54. The van der Waals surface area contributed by atoms with Crippen molar-refractivity contribution in [3.8, 4) is 0 Å². The van der Waals surface area contributed by atoms with Crippen LogP contribution in [0.25, 0.3) is 0 Å². The van der Waals surface area contributed by atoms with Gasteiger partial charge in [0, 0.05) is 0 Å². The minimum atomic E-state index is 0.674. The number of hydrogen-bond donors (Lipinski definition) is 1. The molecule has 0 aromatic carbocycles. The second-order valence-corrected chi connectivity index (χ2v) is 1.30. The van der Waals surface area contributed by atoms with Crippen molar-refractivity contribution in [2.75, 3.05) is 0 Å². The van der Waals surface area contributed by atoms with Gasteiger partial charge in [-0.1, -0.05) is 19.1 Å². The Morgan fingerprint density at radius 2 is 2.14 bits per heavy atom. The fourth-order valence-electron chi connectivity index (χ4n) is 0.324. The molecule has 1 radical (unpaired) electrons. The Morgan fingerprint density at radius 3 is 2.57 bits per heavy atom. The number of hydrogen-bond acceptors (Lipinski definition) is 1. The van der Waals surface area contributed by atoms with E-state index in [9.17, 15) is 0 Å². The van der Waals surface area contributed by atoms with E-state index in [1.165, 1.54) is 0 Å². The molecule has 0 saturated heterocycles. The van der Waals surface area contributed by atoms with Crippen molar-refractivity contribution >= 4 is 0 Å². The summed E-state index contributed by atoms with van der Waals surface area (Å²) in [6, 6.07) is 0. The van der Waals surface area contributed by atoms with E-state index in [-0.39, 0.29) is 0 Å². The molecule has 0 fully saturated rings. The average molecular weight is 99.2 g/mol. The molecule has 0 atom stereocenters. The molecular weight excluding hydrogens is 88.1 g/mol. The van der Waals surface area contributed by atoms with Gasteiger partial charge in [0.05, 0.1) is 6.61 Å². The van der Waals surface area contributed by atoms with Gasteiger partial charge in [0.2, 0.25) is 0 Å². The van der Waals surface area contributed by atoms with Gasteiger partial charge >= 0.3 is 0 Å². The molecule has 0 unspecified atom stereocenters. The van der Waals surface area contributed by atoms with Crippen molar-refractivity contribution in [3.63, 3.8) is 0 Å². The van der Waals surface area contributed by atoms with E-state index in [4.69, 9.17) is 5.11 Å². The van der Waals surface area contributed by atoms with Crippen molar-refractivity contribution in [2.45, 2.75) is 19.8 Å². The van der Waals surface area contributed by atoms with Crippen LogP contribution in [-0.2, 0) is 0 Å². The van der Waals surface area contributed by atoms with Gasteiger partial charge in [-0.15, -0.1) is 0 Å². The highest BCUT2D eigenvalue weighted by Gasteiger charge is 1.70. The summed E-state index contributed by atoms with van der Waals surface area (Å²) in [4.78, 5) is 0. The Kier molecular flexibility index (Phi) is 5.46. The van der Waals surface area contributed by atoms with Crippen LogP contribution in [0.3, 0.4) is 0 Å². The topological polar surface area (TPSA) is 20.2 Å². The van der Waals surface area contributed by atoms with E-state index < -0.39 is 0 Å². The molecule has 0 spiro atoms. The first kappa shape index (κ1) is 6.70. The SMILES string of the molecule is CC/C=C/C[CH]O. The van der Waals surface area contributed by atoms with Crippen molar-refractivity contribution < 1.29 is 5.11 Å². The van der Waals surface area contributed by atoms with Gasteiger partial charge in [0.1, 0.15) is 0 Å². The first-order chi connectivity index (χ1) is 3.41. The van der Waals surface area contributed by atoms with Gasteiger partial charge in [0.15, 0.2) is 0 Å². The monoisotopic (exact) mass is 99.1 g/mol. The first-order valence-electron chi connectivity index (χ1n) is 2.52. The lowest BCUT2D eigenvalue weighted by Crippen LogP contribution is -1.64. The molecule has 0 aromatic rings. The molecule has 0 rings (SSSR count). The summed E-state index contributed by atoms with van der Waals surface area (Å²) < 4.78 is 0. The average Bonchev–Trinajstić information content (AvgIpc) is 1.69. The van der Waals surface area contributed by atoms with Crippen LogP contribution in [0, 0.1) is 6.61 Å². The van der Waals surface area contributed by atoms with Crippen LogP contribution in [-0.4, -0.2) is 5.11 Å². The minimum absolute atomic E-state index is 0.674. The molecule has 0 saturated carbocycles. The summed E-state index contributed by atoms with van der Waals surface area (Å²) in [6.45, 7) is 3.21. The van der Waals surface area contributed by atoms with Crippen LogP contribution >= 0.6 is 0 Å². The quantitative estimate of drug-likeness (QED) is 0.535. The zero-order valence-corrected chi connectivity index (χ0v) is 4.59. The van der Waals surface area contributed by atoms with Gasteiger partial charge < -0.3 is 5.11 Å². The van der Waals surface area contributed by atoms with Crippen LogP contribution in [0.4, 0.5) is 0 Å². The Hall–Kier alpha value is -0.300. The summed E-state index contributed by atoms with van der Waals surface area (Å²) in [5, 5.41) is 8.12. The van der Waals surface area contributed by atoms with E-state index in [0.29, 0.717) is 6.42 Å². The largest absolute Gasteiger partial charge is 0.390 e. The predicted octanol–water partition coefficient (Wildman–Crippen LogP) is 1.88. The van der Waals surface area contributed by atoms with Gasteiger partial charge in [0.25, 0.3) is 0 Å². The maximum absolute atomic E-state index is 8.12. The Bertz CT molecular complexity index is 48.1. The van der Waals surface area contributed by atoms with Gasteiger partial charge in [-0.3, -0.25) is 0 Å². The second kappa shape index (κ2) is 5.70. The molecule has 0 heterocycles. The third kappa shape index (κ3) is 5.70. The molecule has 1 nitrogen and oxygen atoms in total. The van der Waals surface area contributed by atoms with E-state index >= 15 is 0 Å². The van der Waals surface area contributed by atoms with Crippen LogP contribution in [0.15, 0.2) is 12.2 Å². The molecular formula is C6H11O. The van der Waals surface area contributed by atoms with Gasteiger partial charge in [-0.2, -0.15) is 0 Å². The minimum Gasteiger partial charge on any atom is -0.390 e. The van der Waals surface area contributed by atoms with Crippen molar-refractivity contribution in [3.05, 3.63) is 18.8 Å². The molecule has 41 valence electrons. The third-order valence-corrected chi connectivity index (χ3v) is 0.644. The highest BCUT2D eigenvalue weighted by atomic mass is 16.2. The molecule has 7 heavy (non-hydrogen) atoms. The van der Waals surface area contributed by atoms with Crippen LogP contribution in [0.2, 0.25) is 0 Å². The van der Waals surface area contributed by atoms with E-state index in [1.54, 1.807) is 0 Å². The fraction of sp³-hybridized carbons (Fsp3) is 0.500. The number of rotatable bonds is 3. The summed E-state index contributed by atoms with van der Waals surface area (Å²) >= 11 is 0. The molecule has 0 amide bonds.